The number of nitrogens with one attached hydrogen (secondary N) is 4. The SMILES string of the molecule is C.CCC[I-]C.CCS(=O)(=O)Nc1nc2c(-c3c(C)noc3C)cc(-c3c(C)noc3C)cc2[nH]1.CCS(=O)(=O)Nc1nc2c(I)cc(-c3c(C)noc3C)cc2[nH]1.Cc1noc(C)c1B1OC(C)(C)C(C)(C)O1. The van der Waals surface area contributed by atoms with Crippen molar-refractivity contribution in [2.24, 2.45) is 0 Å². The van der Waals surface area contributed by atoms with Crippen LogP contribution in [-0.4, -0.2) is 96.6 Å². The van der Waals surface area contributed by atoms with E-state index in [1.165, 1.54) is 10.8 Å². The summed E-state index contributed by atoms with van der Waals surface area (Å²) in [5, 5.41) is 16.0. The summed E-state index contributed by atoms with van der Waals surface area (Å²) in [4.78, 5) is 17.2. The predicted octanol–water partition coefficient (Wildman–Crippen LogP) is 7.41. The van der Waals surface area contributed by atoms with E-state index in [4.69, 9.17) is 27.4 Å². The molecule has 25 heteroatoms. The molecule has 0 aliphatic carbocycles. The van der Waals surface area contributed by atoms with E-state index in [-0.39, 0.29) is 49.1 Å². The molecule has 0 bridgehead atoms. The maximum atomic E-state index is 12.0. The average molecular weight is 1290 g/mol. The Morgan fingerprint density at radius 3 is 1.39 bits per heavy atom. The molecule has 0 radical (unpaired) electrons. The van der Waals surface area contributed by atoms with E-state index in [0.29, 0.717) is 43.8 Å². The number of hydrogen-bond acceptors (Lipinski definition) is 16. The zero-order chi connectivity index (χ0) is 54.0. The molecule has 6 aromatic heterocycles. The number of hydrogen-bond donors (Lipinski definition) is 4. The molecule has 404 valence electrons. The molecule has 0 saturated carbocycles. The Labute approximate surface area is 458 Å². The number of halogens is 2. The number of aromatic amines is 2. The van der Waals surface area contributed by atoms with Crippen LogP contribution >= 0.6 is 22.6 Å². The standard InChI is InChI=1S/C19H21N5O4S.C14H15IN4O3S.C11H18BNO3.C4H10I.CH4/c1-6-29(25,26)24-19-20-15-8-13(16-9(2)22-27-11(16)4)7-14(18(15)21-19)17-10(3)23-28-12(17)5;1-4-23(20,21)19-14-16-11-6-9(5-10(15)13(11)17-14)12-7(2)18-22-8(12)3;1-7-9(8(2)14-13-7)12-15-10(3,4)11(5,6)16-12;1-3-4-5-2;/h7-8H,6H2,1-5H3,(H2,20,21,24);5-6H,4H2,1-3H3,(H2,16,17,19);1-6H3;3-4H2,1-2H3;1H4/q;;;-1;. The van der Waals surface area contributed by atoms with Crippen molar-refractivity contribution in [3.05, 3.63) is 73.7 Å². The van der Waals surface area contributed by atoms with Crippen LogP contribution in [0.5, 0.6) is 0 Å². The van der Waals surface area contributed by atoms with Crippen molar-refractivity contribution in [1.29, 1.82) is 0 Å². The van der Waals surface area contributed by atoms with Gasteiger partial charge in [0.25, 0.3) is 0 Å². The van der Waals surface area contributed by atoms with Gasteiger partial charge >= 0.3 is 51.0 Å². The van der Waals surface area contributed by atoms with E-state index in [1.54, 1.807) is 13.8 Å². The first-order chi connectivity index (χ1) is 34.2. The van der Waals surface area contributed by atoms with Crippen LogP contribution < -0.4 is 36.1 Å². The van der Waals surface area contributed by atoms with Crippen molar-refractivity contribution in [2.45, 2.75) is 129 Å². The number of nitrogens with zero attached hydrogens (tertiary/aromatic N) is 6. The Morgan fingerprint density at radius 1 is 0.608 bits per heavy atom. The quantitative estimate of drug-likeness (QED) is 0.0527. The Bertz CT molecular complexity index is 3370. The second-order valence-corrected chi connectivity index (χ2v) is 26.1. The van der Waals surface area contributed by atoms with Gasteiger partial charge in [0.2, 0.25) is 31.9 Å². The second-order valence-electron chi connectivity index (χ2n) is 18.3. The molecule has 2 aromatic carbocycles. The van der Waals surface area contributed by atoms with Crippen molar-refractivity contribution >= 4 is 89.2 Å². The molecule has 0 spiro atoms. The number of alkyl halides is 2. The molecule has 20 nitrogen and oxygen atoms in total. The summed E-state index contributed by atoms with van der Waals surface area (Å²) < 4.78 is 87.6. The van der Waals surface area contributed by atoms with Gasteiger partial charge in [0.1, 0.15) is 28.6 Å². The molecule has 0 amide bonds. The van der Waals surface area contributed by atoms with Crippen LogP contribution in [0.15, 0.2) is 42.4 Å². The fourth-order valence-electron chi connectivity index (χ4n) is 7.84. The summed E-state index contributed by atoms with van der Waals surface area (Å²) in [5.74, 6) is 3.16. The predicted molar refractivity (Wildman–Crippen MR) is 295 cm³/mol. The van der Waals surface area contributed by atoms with Gasteiger partial charge in [-0.2, -0.15) is 0 Å². The first kappa shape index (κ1) is 60.0. The fourth-order valence-corrected chi connectivity index (χ4v) is 10.7. The zero-order valence-electron chi connectivity index (χ0n) is 44.1. The van der Waals surface area contributed by atoms with Gasteiger partial charge in [-0.05, 0) is 155 Å². The van der Waals surface area contributed by atoms with E-state index in [1.807, 2.05) is 107 Å². The van der Waals surface area contributed by atoms with Crippen molar-refractivity contribution in [1.82, 2.24) is 40.6 Å². The number of benzene rings is 2. The average Bonchev–Trinajstić information content (AvgIpc) is 4.19. The molecule has 0 atom stereocenters. The minimum absolute atomic E-state index is 0. The minimum atomic E-state index is -3.47. The van der Waals surface area contributed by atoms with Crippen LogP contribution in [0.25, 0.3) is 55.4 Å². The smallest absolute Gasteiger partial charge is 0.399 e. The number of H-pyrrole nitrogens is 2. The maximum absolute atomic E-state index is 12.0. The van der Waals surface area contributed by atoms with Gasteiger partial charge in [-0.3, -0.25) is 9.44 Å². The first-order valence-electron chi connectivity index (χ1n) is 23.4. The fraction of sp³-hybridized carbons (Fsp3) is 0.469. The normalized spacial score (nSPS) is 14.0. The van der Waals surface area contributed by atoms with E-state index in [9.17, 15) is 16.8 Å². The van der Waals surface area contributed by atoms with Crippen LogP contribution in [-0.2, 0) is 29.4 Å². The van der Waals surface area contributed by atoms with Gasteiger partial charge in [-0.25, -0.2) is 26.8 Å². The third kappa shape index (κ3) is 13.4. The third-order valence-corrected chi connectivity index (χ3v) is 17.8. The zero-order valence-corrected chi connectivity index (χ0v) is 50.0. The maximum Gasteiger partial charge on any atom is 0.500 e. The molecular formula is C49H68BI2N10O10S2-. The molecule has 0 unspecified atom stereocenters. The molecule has 74 heavy (non-hydrogen) atoms. The van der Waals surface area contributed by atoms with Gasteiger partial charge in [0.15, 0.2) is 0 Å². The number of aromatic nitrogens is 8. The molecule has 4 N–H and O–H groups in total. The van der Waals surface area contributed by atoms with Gasteiger partial charge in [0.05, 0.1) is 62.0 Å². The number of imidazole rings is 2. The summed E-state index contributed by atoms with van der Waals surface area (Å²) in [6, 6.07) is 7.77. The number of fused-ring (bicyclic) bond motifs is 2. The van der Waals surface area contributed by atoms with Crippen molar-refractivity contribution in [2.75, 3.05) is 30.3 Å². The molecule has 8 aromatic rings. The Morgan fingerprint density at radius 2 is 1.01 bits per heavy atom. The summed E-state index contributed by atoms with van der Waals surface area (Å²) in [6.07, 6.45) is 1.39. The van der Waals surface area contributed by atoms with Gasteiger partial charge in [-0.15, -0.1) is 0 Å². The second kappa shape index (κ2) is 24.0. The van der Waals surface area contributed by atoms with E-state index in [0.717, 1.165) is 87.7 Å². The monoisotopic (exact) mass is 1290 g/mol. The van der Waals surface area contributed by atoms with E-state index < -0.39 is 20.0 Å². The van der Waals surface area contributed by atoms with Crippen LogP contribution in [0.3, 0.4) is 0 Å². The largest absolute Gasteiger partial charge is 0.500 e. The number of rotatable bonds is 12. The van der Waals surface area contributed by atoms with E-state index >= 15 is 0 Å². The molecule has 1 aliphatic rings. The molecule has 9 rings (SSSR count). The number of anilines is 2. The third-order valence-electron chi connectivity index (χ3n) is 12.3. The summed E-state index contributed by atoms with van der Waals surface area (Å²) in [5.41, 5.74) is 11.4. The Balaban J connectivity index is 0.000000202. The first-order valence-corrected chi connectivity index (χ1v) is 31.5. The molecule has 1 aliphatic heterocycles. The van der Waals surface area contributed by atoms with Crippen molar-refractivity contribution < 1.29 is 65.4 Å². The molecular weight excluding hydrogens is 1220 g/mol. The van der Waals surface area contributed by atoms with Gasteiger partial charge in [-0.1, -0.05) is 28.1 Å². The number of sulfonamides is 2. The van der Waals surface area contributed by atoms with Gasteiger partial charge in [0, 0.05) is 31.3 Å². The Hall–Kier alpha value is -4.84. The molecule has 7 heterocycles. The summed E-state index contributed by atoms with van der Waals surface area (Å²) in [7, 11) is -7.22. The summed E-state index contributed by atoms with van der Waals surface area (Å²) >= 11 is 2.79. The minimum Gasteiger partial charge on any atom is -0.399 e. The summed E-state index contributed by atoms with van der Waals surface area (Å²) in [6.45, 7) is 28.4. The van der Waals surface area contributed by atoms with E-state index in [2.05, 4.69) is 84.5 Å². The van der Waals surface area contributed by atoms with Crippen LogP contribution in [0.2, 0.25) is 0 Å². The van der Waals surface area contributed by atoms with Crippen molar-refractivity contribution in [3.8, 4) is 33.4 Å². The van der Waals surface area contributed by atoms with Crippen molar-refractivity contribution in [3.63, 3.8) is 0 Å². The Kier molecular flexibility index (Phi) is 19.5. The molecule has 1 saturated heterocycles. The number of aryl methyl sites for hydroxylation is 8. The topological polar surface area (TPSA) is 272 Å². The van der Waals surface area contributed by atoms with Crippen LogP contribution in [0.1, 0.15) is 108 Å². The van der Waals surface area contributed by atoms with Crippen LogP contribution in [0.4, 0.5) is 11.9 Å². The van der Waals surface area contributed by atoms with Gasteiger partial charge < -0.3 is 37.4 Å². The molecule has 1 fully saturated rings. The van der Waals surface area contributed by atoms with Crippen LogP contribution in [0, 0.1) is 59.0 Å².